The minimum atomic E-state index is -0.781. The third-order valence-corrected chi connectivity index (χ3v) is 6.24. The van der Waals surface area contributed by atoms with Crippen molar-refractivity contribution >= 4 is 22.8 Å². The Morgan fingerprint density at radius 1 is 0.742 bits per heavy atom. The molecule has 4 rings (SSSR count). The molecule has 0 radical (unpaired) electrons. The van der Waals surface area contributed by atoms with E-state index in [-0.39, 0.29) is 11.0 Å². The van der Waals surface area contributed by atoms with Crippen LogP contribution in [0.3, 0.4) is 0 Å². The second-order valence-electron chi connectivity index (χ2n) is 7.42. The van der Waals surface area contributed by atoms with E-state index in [9.17, 15) is 9.59 Å². The molecule has 0 aromatic heterocycles. The number of hydrogen-bond acceptors (Lipinski definition) is 4. The first-order chi connectivity index (χ1) is 15.2. The first-order valence-electron chi connectivity index (χ1n) is 10.3. The second-order valence-corrected chi connectivity index (χ2v) is 8.52. The molecular weight excluding hydrogens is 404 g/mol. The van der Waals surface area contributed by atoms with Crippen LogP contribution in [0.1, 0.15) is 36.0 Å². The van der Waals surface area contributed by atoms with E-state index in [1.165, 1.54) is 0 Å². The van der Waals surface area contributed by atoms with Gasteiger partial charge in [0.1, 0.15) is 5.54 Å². The molecule has 3 aromatic rings. The zero-order valence-electron chi connectivity index (χ0n) is 17.1. The van der Waals surface area contributed by atoms with Gasteiger partial charge >= 0.3 is 0 Å². The van der Waals surface area contributed by atoms with Crippen LogP contribution in [0.15, 0.2) is 102 Å². The van der Waals surface area contributed by atoms with E-state index in [0.29, 0.717) is 6.42 Å². The van der Waals surface area contributed by atoms with Crippen molar-refractivity contribution in [2.75, 3.05) is 0 Å². The maximum atomic E-state index is 12.8. The Balaban J connectivity index is 1.70. The van der Waals surface area contributed by atoms with Gasteiger partial charge in [-0.25, -0.2) is 5.43 Å². The SMILES string of the molecule is O=C1C=C(SC(=O)NNC(c2ccccc2)(c2ccccc2)c2ccccc2)CCC1. The molecular formula is C26H24N2O2S. The minimum Gasteiger partial charge on any atom is -0.295 e. The molecule has 1 aliphatic rings. The smallest absolute Gasteiger partial charge is 0.295 e. The summed E-state index contributed by atoms with van der Waals surface area (Å²) in [5, 5.41) is -0.242. The number of rotatable bonds is 6. The average molecular weight is 429 g/mol. The predicted molar refractivity (Wildman–Crippen MR) is 125 cm³/mol. The Labute approximate surface area is 186 Å². The highest BCUT2D eigenvalue weighted by Gasteiger charge is 2.36. The summed E-state index contributed by atoms with van der Waals surface area (Å²) >= 11 is 1.08. The normalized spacial score (nSPS) is 14.1. The number of hydrazine groups is 1. The molecule has 156 valence electrons. The molecule has 1 amide bonds. The Kier molecular flexibility index (Phi) is 6.65. The van der Waals surface area contributed by atoms with Crippen LogP contribution in [0.25, 0.3) is 0 Å². The van der Waals surface area contributed by atoms with Crippen LogP contribution in [0, 0.1) is 0 Å². The van der Waals surface area contributed by atoms with Crippen LogP contribution in [0.4, 0.5) is 4.79 Å². The highest BCUT2D eigenvalue weighted by atomic mass is 32.2. The molecule has 3 aromatic carbocycles. The fraction of sp³-hybridized carbons (Fsp3) is 0.154. The number of benzene rings is 3. The van der Waals surface area contributed by atoms with Crippen LogP contribution in [0.5, 0.6) is 0 Å². The first kappa shape index (κ1) is 21.1. The van der Waals surface area contributed by atoms with Gasteiger partial charge in [0.25, 0.3) is 5.24 Å². The van der Waals surface area contributed by atoms with Gasteiger partial charge in [-0.3, -0.25) is 15.0 Å². The molecule has 0 unspecified atom stereocenters. The summed E-state index contributed by atoms with van der Waals surface area (Å²) < 4.78 is 0. The van der Waals surface area contributed by atoms with E-state index < -0.39 is 5.54 Å². The number of allylic oxidation sites excluding steroid dienone is 2. The molecule has 0 spiro atoms. The van der Waals surface area contributed by atoms with Gasteiger partial charge in [-0.05, 0) is 52.3 Å². The van der Waals surface area contributed by atoms with E-state index in [1.54, 1.807) is 6.08 Å². The van der Waals surface area contributed by atoms with Crippen LogP contribution < -0.4 is 10.9 Å². The molecule has 0 bridgehead atoms. The monoisotopic (exact) mass is 428 g/mol. The zero-order chi connectivity index (χ0) is 21.5. The van der Waals surface area contributed by atoms with Gasteiger partial charge in [-0.1, -0.05) is 91.0 Å². The first-order valence-corrected chi connectivity index (χ1v) is 11.1. The Bertz CT molecular complexity index is 970. The highest BCUT2D eigenvalue weighted by molar-refractivity contribution is 8.16. The van der Waals surface area contributed by atoms with Gasteiger partial charge in [0.05, 0.1) is 0 Å². The van der Waals surface area contributed by atoms with Crippen LogP contribution >= 0.6 is 11.8 Å². The van der Waals surface area contributed by atoms with Crippen molar-refractivity contribution in [3.63, 3.8) is 0 Å². The molecule has 0 aliphatic heterocycles. The summed E-state index contributed by atoms with van der Waals surface area (Å²) in [5.74, 6) is 0.0849. The number of ketones is 1. The number of thioether (sulfide) groups is 1. The minimum absolute atomic E-state index is 0.0849. The number of hydrogen-bond donors (Lipinski definition) is 2. The number of nitrogens with one attached hydrogen (secondary N) is 2. The van der Waals surface area contributed by atoms with Crippen molar-refractivity contribution in [2.45, 2.75) is 24.8 Å². The van der Waals surface area contributed by atoms with Gasteiger partial charge in [-0.2, -0.15) is 0 Å². The van der Waals surface area contributed by atoms with Gasteiger partial charge in [-0.15, -0.1) is 0 Å². The van der Waals surface area contributed by atoms with Crippen molar-refractivity contribution in [3.05, 3.63) is 119 Å². The van der Waals surface area contributed by atoms with E-state index in [1.807, 2.05) is 54.6 Å². The van der Waals surface area contributed by atoms with Gasteiger partial charge in [0, 0.05) is 6.42 Å². The molecule has 2 N–H and O–H groups in total. The summed E-state index contributed by atoms with van der Waals surface area (Å²) in [6, 6.07) is 30.2. The number of carbonyl (C=O) groups excluding carboxylic acids is 2. The van der Waals surface area contributed by atoms with Crippen LogP contribution in [-0.2, 0) is 10.3 Å². The van der Waals surface area contributed by atoms with Crippen molar-refractivity contribution < 1.29 is 9.59 Å². The van der Waals surface area contributed by atoms with Gasteiger partial charge < -0.3 is 0 Å². The molecule has 0 saturated heterocycles. The summed E-state index contributed by atoms with van der Waals surface area (Å²) in [6.45, 7) is 0. The standard InChI is InChI=1S/C26H24N2O2S/c29-23-17-10-18-24(19-23)31-25(30)27-28-26(20-11-4-1-5-12-20,21-13-6-2-7-14-21)22-15-8-3-9-16-22/h1-9,11-16,19,28H,10,17-18H2,(H,27,30). The molecule has 0 fully saturated rings. The van der Waals surface area contributed by atoms with Gasteiger partial charge in [0.15, 0.2) is 5.78 Å². The molecule has 0 saturated carbocycles. The van der Waals surface area contributed by atoms with Crippen LogP contribution in [0.2, 0.25) is 0 Å². The van der Waals surface area contributed by atoms with Gasteiger partial charge in [0.2, 0.25) is 0 Å². The summed E-state index contributed by atoms with van der Waals surface area (Å²) in [6.07, 6.45) is 3.70. The average Bonchev–Trinajstić information content (AvgIpc) is 2.82. The highest BCUT2D eigenvalue weighted by Crippen LogP contribution is 2.36. The summed E-state index contributed by atoms with van der Waals surface area (Å²) in [7, 11) is 0. The fourth-order valence-electron chi connectivity index (χ4n) is 3.91. The van der Waals surface area contributed by atoms with Crippen molar-refractivity contribution in [3.8, 4) is 0 Å². The van der Waals surface area contributed by atoms with Crippen molar-refractivity contribution in [1.82, 2.24) is 10.9 Å². The maximum absolute atomic E-state index is 12.8. The maximum Gasteiger partial charge on any atom is 0.297 e. The molecule has 0 heterocycles. The number of carbonyl (C=O) groups is 2. The van der Waals surface area contributed by atoms with E-state index in [2.05, 4.69) is 47.2 Å². The molecule has 31 heavy (non-hydrogen) atoms. The molecule has 1 aliphatic carbocycles. The molecule has 4 nitrogen and oxygen atoms in total. The zero-order valence-corrected chi connectivity index (χ0v) is 17.9. The van der Waals surface area contributed by atoms with E-state index in [0.717, 1.165) is 46.2 Å². The Morgan fingerprint density at radius 2 is 1.23 bits per heavy atom. The quantitative estimate of drug-likeness (QED) is 0.398. The third kappa shape index (κ3) is 4.79. The van der Waals surface area contributed by atoms with E-state index >= 15 is 0 Å². The lowest BCUT2D eigenvalue weighted by atomic mass is 9.77. The van der Waals surface area contributed by atoms with Crippen LogP contribution in [-0.4, -0.2) is 11.0 Å². The Hall–Kier alpha value is -3.15. The lowest BCUT2D eigenvalue weighted by Crippen LogP contribution is -2.52. The lowest BCUT2D eigenvalue weighted by molar-refractivity contribution is -0.115. The van der Waals surface area contributed by atoms with E-state index in [4.69, 9.17) is 0 Å². The second kappa shape index (κ2) is 9.77. The Morgan fingerprint density at radius 3 is 1.68 bits per heavy atom. The van der Waals surface area contributed by atoms with Crippen molar-refractivity contribution in [1.29, 1.82) is 0 Å². The predicted octanol–water partition coefficient (Wildman–Crippen LogP) is 5.56. The lowest BCUT2D eigenvalue weighted by Gasteiger charge is -2.36. The van der Waals surface area contributed by atoms with Crippen molar-refractivity contribution in [2.24, 2.45) is 0 Å². The molecule has 0 atom stereocenters. The third-order valence-electron chi connectivity index (χ3n) is 5.36. The summed E-state index contributed by atoms with van der Waals surface area (Å²) in [4.78, 5) is 25.3. The molecule has 5 heteroatoms. The number of amides is 1. The summed E-state index contributed by atoms with van der Waals surface area (Å²) in [5.41, 5.74) is 8.49. The topological polar surface area (TPSA) is 58.2 Å². The fourth-order valence-corrected chi connectivity index (χ4v) is 4.69. The largest absolute Gasteiger partial charge is 0.297 e.